The summed E-state index contributed by atoms with van der Waals surface area (Å²) in [5.41, 5.74) is 4.91. The molecule has 4 heterocycles. The molecule has 0 radical (unpaired) electrons. The monoisotopic (exact) mass is 329 g/mol. The predicted octanol–water partition coefficient (Wildman–Crippen LogP) is 4.42. The molecular formula is C22H23N3. The third-order valence-electron chi connectivity index (χ3n) is 6.05. The molecule has 2 bridgehead atoms. The van der Waals surface area contributed by atoms with Gasteiger partial charge in [0, 0.05) is 35.3 Å². The Morgan fingerprint density at radius 3 is 2.52 bits per heavy atom. The number of nitrogens with zero attached hydrogens (tertiary/aromatic N) is 3. The fourth-order valence-electron chi connectivity index (χ4n) is 4.73. The first kappa shape index (κ1) is 15.0. The first-order valence-corrected chi connectivity index (χ1v) is 9.37. The molecule has 0 unspecified atom stereocenters. The second-order valence-corrected chi connectivity index (χ2v) is 7.61. The van der Waals surface area contributed by atoms with Crippen molar-refractivity contribution in [2.75, 3.05) is 19.6 Å². The number of hydrogen-bond acceptors (Lipinski definition) is 3. The summed E-state index contributed by atoms with van der Waals surface area (Å²) in [4.78, 5) is 12.0. The number of para-hydroxylation sites is 1. The van der Waals surface area contributed by atoms with E-state index in [4.69, 9.17) is 4.98 Å². The molecule has 2 fully saturated rings. The van der Waals surface area contributed by atoms with E-state index in [1.807, 2.05) is 18.3 Å². The molecule has 0 saturated carbocycles. The fraction of sp³-hybridized carbons (Fsp3) is 0.364. The smallest absolute Gasteiger partial charge is 0.0717 e. The topological polar surface area (TPSA) is 29.0 Å². The lowest BCUT2D eigenvalue weighted by atomic mass is 9.69. The standard InChI is InChI=1S/C22H23N3/c1-2-6-20-17(5-1)13-18(14-23-20)21-8-7-19(15-24-21)22-9-3-11-25(16-22)12-4-10-22/h1-2,5-8,13-15H,3-4,9-12,16H2. The third kappa shape index (κ3) is 2.63. The van der Waals surface area contributed by atoms with E-state index in [9.17, 15) is 0 Å². The number of fused-ring (bicyclic) bond motifs is 3. The van der Waals surface area contributed by atoms with E-state index >= 15 is 0 Å². The van der Waals surface area contributed by atoms with Gasteiger partial charge in [0.05, 0.1) is 11.2 Å². The van der Waals surface area contributed by atoms with Crippen LogP contribution in [0.4, 0.5) is 0 Å². The van der Waals surface area contributed by atoms with Crippen molar-refractivity contribution < 1.29 is 0 Å². The summed E-state index contributed by atoms with van der Waals surface area (Å²) in [5, 5.41) is 1.17. The Hall–Kier alpha value is -2.26. The molecule has 2 aliphatic heterocycles. The quantitative estimate of drug-likeness (QED) is 0.697. The molecule has 0 amide bonds. The minimum absolute atomic E-state index is 0.337. The van der Waals surface area contributed by atoms with Gasteiger partial charge in [-0.1, -0.05) is 24.3 Å². The van der Waals surface area contributed by atoms with Crippen molar-refractivity contribution in [3.8, 4) is 11.3 Å². The van der Waals surface area contributed by atoms with Crippen molar-refractivity contribution in [1.82, 2.24) is 14.9 Å². The van der Waals surface area contributed by atoms with Gasteiger partial charge in [-0.25, -0.2) is 0 Å². The highest BCUT2D eigenvalue weighted by Crippen LogP contribution is 2.41. The number of benzene rings is 1. The molecule has 3 nitrogen and oxygen atoms in total. The molecule has 0 atom stereocenters. The summed E-state index contributed by atoms with van der Waals surface area (Å²) < 4.78 is 0. The largest absolute Gasteiger partial charge is 0.302 e. The number of aromatic nitrogens is 2. The zero-order chi connectivity index (χ0) is 16.7. The summed E-state index contributed by atoms with van der Waals surface area (Å²) in [6.07, 6.45) is 9.31. The average molecular weight is 329 g/mol. The van der Waals surface area contributed by atoms with Gasteiger partial charge >= 0.3 is 0 Å². The summed E-state index contributed by atoms with van der Waals surface area (Å²) in [6.45, 7) is 3.76. The summed E-state index contributed by atoms with van der Waals surface area (Å²) >= 11 is 0. The van der Waals surface area contributed by atoms with E-state index in [1.54, 1.807) is 0 Å². The molecule has 5 rings (SSSR count). The van der Waals surface area contributed by atoms with Crippen LogP contribution in [-0.4, -0.2) is 34.5 Å². The number of pyridine rings is 2. The Morgan fingerprint density at radius 1 is 0.880 bits per heavy atom. The van der Waals surface area contributed by atoms with Gasteiger partial charge in [-0.2, -0.15) is 0 Å². The molecule has 0 aliphatic carbocycles. The Bertz CT molecular complexity index is 891. The zero-order valence-electron chi connectivity index (χ0n) is 14.5. The maximum Gasteiger partial charge on any atom is 0.0717 e. The molecule has 126 valence electrons. The average Bonchev–Trinajstić information content (AvgIpc) is 2.68. The highest BCUT2D eigenvalue weighted by atomic mass is 15.1. The van der Waals surface area contributed by atoms with Gasteiger partial charge in [-0.15, -0.1) is 0 Å². The van der Waals surface area contributed by atoms with Crippen molar-refractivity contribution in [3.05, 3.63) is 60.4 Å². The van der Waals surface area contributed by atoms with E-state index in [-0.39, 0.29) is 0 Å². The van der Waals surface area contributed by atoms with Gasteiger partial charge in [0.15, 0.2) is 0 Å². The number of piperidine rings is 2. The zero-order valence-corrected chi connectivity index (χ0v) is 14.5. The SMILES string of the molecule is c1ccc2ncc(-c3ccc(C45CCCN(CCC4)C5)cn3)cc2c1. The second-order valence-electron chi connectivity index (χ2n) is 7.61. The lowest BCUT2D eigenvalue weighted by molar-refractivity contribution is 0.0941. The van der Waals surface area contributed by atoms with Crippen molar-refractivity contribution >= 4 is 10.9 Å². The first-order chi connectivity index (χ1) is 12.3. The van der Waals surface area contributed by atoms with Gasteiger partial charge in [-0.3, -0.25) is 9.97 Å². The Morgan fingerprint density at radius 2 is 1.72 bits per heavy atom. The highest BCUT2D eigenvalue weighted by Gasteiger charge is 2.39. The van der Waals surface area contributed by atoms with Gasteiger partial charge in [0.1, 0.15) is 0 Å². The van der Waals surface area contributed by atoms with E-state index in [1.165, 1.54) is 56.3 Å². The fourth-order valence-corrected chi connectivity index (χ4v) is 4.73. The molecule has 3 heteroatoms. The molecule has 0 N–H and O–H groups in total. The molecular weight excluding hydrogens is 306 g/mol. The van der Waals surface area contributed by atoms with Crippen LogP contribution in [0.5, 0.6) is 0 Å². The first-order valence-electron chi connectivity index (χ1n) is 9.37. The molecule has 2 aromatic heterocycles. The summed E-state index contributed by atoms with van der Waals surface area (Å²) in [7, 11) is 0. The third-order valence-corrected chi connectivity index (χ3v) is 6.05. The summed E-state index contributed by atoms with van der Waals surface area (Å²) in [5.74, 6) is 0. The Labute approximate surface area is 148 Å². The Kier molecular flexibility index (Phi) is 3.56. The predicted molar refractivity (Wildman–Crippen MR) is 102 cm³/mol. The highest BCUT2D eigenvalue weighted by molar-refractivity contribution is 5.82. The van der Waals surface area contributed by atoms with Crippen LogP contribution in [-0.2, 0) is 5.41 Å². The Balaban J connectivity index is 1.48. The van der Waals surface area contributed by atoms with Crippen LogP contribution >= 0.6 is 0 Å². The van der Waals surface area contributed by atoms with Crippen LogP contribution in [0.25, 0.3) is 22.2 Å². The second kappa shape index (κ2) is 5.92. The number of rotatable bonds is 2. The lowest BCUT2D eigenvalue weighted by Gasteiger charge is -2.47. The maximum atomic E-state index is 4.81. The van der Waals surface area contributed by atoms with E-state index in [0.717, 1.165) is 16.8 Å². The van der Waals surface area contributed by atoms with Gasteiger partial charge in [0.2, 0.25) is 0 Å². The van der Waals surface area contributed by atoms with Crippen LogP contribution in [0.15, 0.2) is 54.9 Å². The molecule has 2 saturated heterocycles. The molecule has 2 aliphatic rings. The van der Waals surface area contributed by atoms with Crippen molar-refractivity contribution in [2.24, 2.45) is 0 Å². The molecule has 1 aromatic carbocycles. The lowest BCUT2D eigenvalue weighted by Crippen LogP contribution is -2.50. The maximum absolute atomic E-state index is 4.81. The van der Waals surface area contributed by atoms with Crippen LogP contribution in [0, 0.1) is 0 Å². The normalized spacial score (nSPS) is 25.8. The van der Waals surface area contributed by atoms with Crippen LogP contribution in [0.2, 0.25) is 0 Å². The molecule has 0 spiro atoms. The minimum Gasteiger partial charge on any atom is -0.302 e. The summed E-state index contributed by atoms with van der Waals surface area (Å²) in [6, 6.07) is 14.9. The van der Waals surface area contributed by atoms with Crippen molar-refractivity contribution in [2.45, 2.75) is 31.1 Å². The van der Waals surface area contributed by atoms with Crippen LogP contribution < -0.4 is 0 Å². The molecule has 25 heavy (non-hydrogen) atoms. The number of hydrogen-bond donors (Lipinski definition) is 0. The molecule has 3 aromatic rings. The van der Waals surface area contributed by atoms with Gasteiger partial charge in [0.25, 0.3) is 0 Å². The minimum atomic E-state index is 0.337. The van der Waals surface area contributed by atoms with Crippen molar-refractivity contribution in [3.63, 3.8) is 0 Å². The van der Waals surface area contributed by atoms with Gasteiger partial charge in [-0.05, 0) is 62.5 Å². The van der Waals surface area contributed by atoms with Crippen molar-refractivity contribution in [1.29, 1.82) is 0 Å². The van der Waals surface area contributed by atoms with E-state index < -0.39 is 0 Å². The van der Waals surface area contributed by atoms with Crippen LogP contribution in [0.1, 0.15) is 31.2 Å². The van der Waals surface area contributed by atoms with E-state index in [2.05, 4.69) is 46.4 Å². The van der Waals surface area contributed by atoms with Gasteiger partial charge < -0.3 is 4.90 Å². The van der Waals surface area contributed by atoms with E-state index in [0.29, 0.717) is 5.41 Å². The van der Waals surface area contributed by atoms with Crippen LogP contribution in [0.3, 0.4) is 0 Å².